The van der Waals surface area contributed by atoms with Crippen LogP contribution in [0, 0.1) is 31.1 Å². The van der Waals surface area contributed by atoms with Crippen molar-refractivity contribution in [3.63, 3.8) is 0 Å². The first-order valence-corrected chi connectivity index (χ1v) is 14.8. The third kappa shape index (κ3) is 3.90. The Morgan fingerprint density at radius 2 is 1.89 bits per heavy atom. The lowest BCUT2D eigenvalue weighted by molar-refractivity contribution is -0.0722. The Labute approximate surface area is 224 Å². The van der Waals surface area contributed by atoms with E-state index in [0.29, 0.717) is 29.7 Å². The lowest BCUT2D eigenvalue weighted by atomic mass is 9.50. The third-order valence-electron chi connectivity index (χ3n) is 10.7. The summed E-state index contributed by atoms with van der Waals surface area (Å²) in [6, 6.07) is 9.18. The number of nitrogens with zero attached hydrogens (tertiary/aromatic N) is 4. The van der Waals surface area contributed by atoms with Crippen molar-refractivity contribution in [2.75, 3.05) is 25.0 Å². The number of likely N-dealkylation sites (tertiary alicyclic amines) is 1. The molecule has 6 atom stereocenters. The molecule has 5 heteroatoms. The molecule has 2 heterocycles. The van der Waals surface area contributed by atoms with Gasteiger partial charge in [-0.3, -0.25) is 4.90 Å². The number of hydrogen-bond donors (Lipinski definition) is 1. The fourth-order valence-electron chi connectivity index (χ4n) is 9.14. The summed E-state index contributed by atoms with van der Waals surface area (Å²) in [4.78, 5) is 15.0. The van der Waals surface area contributed by atoms with Crippen LogP contribution in [-0.4, -0.2) is 52.2 Å². The molecule has 1 aromatic carbocycles. The first kappa shape index (κ1) is 26.5. The molecule has 2 aliphatic carbocycles. The van der Waals surface area contributed by atoms with E-state index in [2.05, 4.69) is 76.6 Å². The Kier molecular flexibility index (Phi) is 7.06. The minimum atomic E-state index is -0.0389. The van der Waals surface area contributed by atoms with Crippen molar-refractivity contribution in [2.24, 2.45) is 17.3 Å². The molecule has 202 valence electrons. The topological polar surface area (TPSA) is 52.5 Å². The van der Waals surface area contributed by atoms with Crippen LogP contribution in [-0.2, 0) is 11.8 Å². The monoisotopic (exact) mass is 504 g/mol. The van der Waals surface area contributed by atoms with Crippen LogP contribution < -0.4 is 4.90 Å². The maximum absolute atomic E-state index is 11.5. The van der Waals surface area contributed by atoms with E-state index in [1.54, 1.807) is 0 Å². The highest BCUT2D eigenvalue weighted by molar-refractivity contribution is 5.55. The fraction of sp³-hybridized carbons (Fsp3) is 0.688. The van der Waals surface area contributed by atoms with Gasteiger partial charge in [-0.05, 0) is 94.4 Å². The van der Waals surface area contributed by atoms with Crippen molar-refractivity contribution >= 4 is 5.95 Å². The van der Waals surface area contributed by atoms with Gasteiger partial charge in [-0.2, -0.15) is 0 Å². The number of phenolic OH excluding ortho intramolecular Hbond substituents is 1. The van der Waals surface area contributed by atoms with Gasteiger partial charge in [0.1, 0.15) is 5.75 Å². The zero-order chi connectivity index (χ0) is 26.5. The number of unbranched alkanes of at least 4 members (excludes halogenated alkanes) is 1. The Bertz CT molecular complexity index is 1110. The number of anilines is 1. The molecule has 5 nitrogen and oxygen atoms in total. The maximum Gasteiger partial charge on any atom is 0.225 e. The van der Waals surface area contributed by atoms with Gasteiger partial charge in [0.25, 0.3) is 0 Å². The molecule has 6 unspecified atom stereocenters. The van der Waals surface area contributed by atoms with Gasteiger partial charge in [-0.1, -0.05) is 45.7 Å². The second kappa shape index (κ2) is 9.87. The van der Waals surface area contributed by atoms with Crippen LogP contribution in [0.4, 0.5) is 5.95 Å². The molecule has 1 aliphatic heterocycles. The smallest absolute Gasteiger partial charge is 0.225 e. The number of aromatic nitrogens is 2. The van der Waals surface area contributed by atoms with Crippen LogP contribution in [0.2, 0.25) is 0 Å². The Balaban J connectivity index is 1.66. The Morgan fingerprint density at radius 3 is 2.57 bits per heavy atom. The van der Waals surface area contributed by atoms with E-state index in [1.807, 2.05) is 6.07 Å². The summed E-state index contributed by atoms with van der Waals surface area (Å²) in [7, 11) is 2.22. The summed E-state index contributed by atoms with van der Waals surface area (Å²) < 4.78 is 0. The van der Waals surface area contributed by atoms with Crippen LogP contribution in [0.15, 0.2) is 24.3 Å². The van der Waals surface area contributed by atoms with Gasteiger partial charge in [-0.25, -0.2) is 9.97 Å². The number of piperidine rings is 1. The summed E-state index contributed by atoms with van der Waals surface area (Å²) in [6.45, 7) is 16.1. The van der Waals surface area contributed by atoms with Gasteiger partial charge in [0.2, 0.25) is 5.95 Å². The zero-order valence-electron chi connectivity index (χ0n) is 24.2. The quantitative estimate of drug-likeness (QED) is 0.449. The molecule has 1 N–H and O–H groups in total. The largest absolute Gasteiger partial charge is 0.508 e. The average Bonchev–Trinajstić information content (AvgIpc) is 3.36. The number of benzene rings is 1. The van der Waals surface area contributed by atoms with Crippen LogP contribution in [0.3, 0.4) is 0 Å². The molecule has 3 aliphatic rings. The molecule has 0 amide bonds. The predicted molar refractivity (Wildman–Crippen MR) is 152 cm³/mol. The standard InChI is InChI=1S/C32H48N4O/c1-8-10-17-36-20-25-19-24-13-11-14-28(37)29(24)32(25)26(15-16-31(32,6)23(36)5)27(12-9-2)35(7)30-33-21(3)18-22(4)34-30/h11,13-14,18,23,25-27,37H,8-10,12,15-17,19-20H2,1-7H3. The summed E-state index contributed by atoms with van der Waals surface area (Å²) in [6.07, 6.45) is 8.19. The van der Waals surface area contributed by atoms with Crippen molar-refractivity contribution in [2.45, 2.75) is 104 Å². The molecule has 1 saturated carbocycles. The second-order valence-electron chi connectivity index (χ2n) is 12.6. The highest BCUT2D eigenvalue weighted by Crippen LogP contribution is 2.71. The van der Waals surface area contributed by atoms with Crippen molar-refractivity contribution in [1.82, 2.24) is 14.9 Å². The fourth-order valence-corrected chi connectivity index (χ4v) is 9.14. The first-order chi connectivity index (χ1) is 17.7. The van der Waals surface area contributed by atoms with Gasteiger partial charge in [0.15, 0.2) is 0 Å². The van der Waals surface area contributed by atoms with Gasteiger partial charge in [0, 0.05) is 48.0 Å². The second-order valence-corrected chi connectivity index (χ2v) is 12.6. The predicted octanol–water partition coefficient (Wildman–Crippen LogP) is 6.43. The number of phenols is 1. The van der Waals surface area contributed by atoms with E-state index in [4.69, 9.17) is 9.97 Å². The lowest BCUT2D eigenvalue weighted by Gasteiger charge is -2.61. The van der Waals surface area contributed by atoms with Crippen LogP contribution in [0.1, 0.15) is 88.7 Å². The molecule has 1 aromatic heterocycles. The molecule has 2 fully saturated rings. The molecular weight excluding hydrogens is 456 g/mol. The molecule has 0 radical (unpaired) electrons. The van der Waals surface area contributed by atoms with E-state index in [9.17, 15) is 5.11 Å². The molecule has 37 heavy (non-hydrogen) atoms. The molecule has 2 aromatic rings. The highest BCUT2D eigenvalue weighted by atomic mass is 16.3. The van der Waals surface area contributed by atoms with Crippen LogP contribution >= 0.6 is 0 Å². The van der Waals surface area contributed by atoms with E-state index < -0.39 is 0 Å². The first-order valence-electron chi connectivity index (χ1n) is 14.8. The number of fused-ring (bicyclic) bond motifs is 1. The van der Waals surface area contributed by atoms with E-state index in [1.165, 1.54) is 43.4 Å². The number of aromatic hydroxyl groups is 1. The molecule has 1 spiro atoms. The molecule has 0 bridgehead atoms. The molecule has 5 rings (SSSR count). The Hall–Kier alpha value is -2.14. The highest BCUT2D eigenvalue weighted by Gasteiger charge is 2.71. The average molecular weight is 505 g/mol. The van der Waals surface area contributed by atoms with Crippen LogP contribution in [0.5, 0.6) is 5.75 Å². The van der Waals surface area contributed by atoms with Crippen LogP contribution in [0.25, 0.3) is 0 Å². The van der Waals surface area contributed by atoms with Gasteiger partial charge in [-0.15, -0.1) is 0 Å². The number of aryl methyl sites for hydroxylation is 2. The minimum Gasteiger partial charge on any atom is -0.508 e. The SMILES string of the molecule is CCCCN1CC2Cc3cccc(O)c3C23C(C(CCC)N(C)c2nc(C)cc(C)n2)CCC3(C)C1C. The minimum absolute atomic E-state index is 0.0389. The van der Waals surface area contributed by atoms with Gasteiger partial charge >= 0.3 is 0 Å². The Morgan fingerprint density at radius 1 is 1.16 bits per heavy atom. The van der Waals surface area contributed by atoms with Crippen molar-refractivity contribution in [3.05, 3.63) is 46.8 Å². The van der Waals surface area contributed by atoms with Crippen molar-refractivity contribution in [1.29, 1.82) is 0 Å². The summed E-state index contributed by atoms with van der Waals surface area (Å²) in [5, 5.41) is 11.5. The number of hydrogen-bond acceptors (Lipinski definition) is 5. The lowest BCUT2D eigenvalue weighted by Crippen LogP contribution is -2.66. The maximum atomic E-state index is 11.5. The number of rotatable bonds is 8. The van der Waals surface area contributed by atoms with E-state index in [0.717, 1.165) is 43.1 Å². The normalized spacial score (nSPS) is 31.6. The van der Waals surface area contributed by atoms with E-state index >= 15 is 0 Å². The summed E-state index contributed by atoms with van der Waals surface area (Å²) in [5.41, 5.74) is 4.78. The van der Waals surface area contributed by atoms with Gasteiger partial charge < -0.3 is 10.0 Å². The third-order valence-corrected chi connectivity index (χ3v) is 10.7. The zero-order valence-corrected chi connectivity index (χ0v) is 24.2. The van der Waals surface area contributed by atoms with Crippen molar-refractivity contribution < 1.29 is 5.11 Å². The molecule has 1 saturated heterocycles. The summed E-state index contributed by atoms with van der Waals surface area (Å²) >= 11 is 0. The molecular formula is C32H48N4O. The summed E-state index contributed by atoms with van der Waals surface area (Å²) in [5.74, 6) is 2.34. The van der Waals surface area contributed by atoms with Gasteiger partial charge in [0.05, 0.1) is 0 Å². The van der Waals surface area contributed by atoms with E-state index in [-0.39, 0.29) is 10.8 Å². The van der Waals surface area contributed by atoms with Crippen molar-refractivity contribution in [3.8, 4) is 5.75 Å².